The minimum atomic E-state index is -0.0353. The Morgan fingerprint density at radius 2 is 1.93 bits per heavy atom. The number of aliphatic hydroxyl groups is 1. The van der Waals surface area contributed by atoms with Gasteiger partial charge in [0.1, 0.15) is 0 Å². The smallest absolute Gasteiger partial charge is 0.0695 e. The fourth-order valence-electron chi connectivity index (χ4n) is 3.98. The molecule has 1 N–H and O–H groups in total. The van der Waals surface area contributed by atoms with Crippen molar-refractivity contribution in [3.8, 4) is 0 Å². The Bertz CT molecular complexity index is 225. The van der Waals surface area contributed by atoms with E-state index in [4.69, 9.17) is 0 Å². The molecule has 3 unspecified atom stereocenters. The Morgan fingerprint density at radius 3 is 2.53 bits per heavy atom. The van der Waals surface area contributed by atoms with Crippen molar-refractivity contribution < 1.29 is 5.11 Å². The first kappa shape index (κ1) is 10.1. The first-order chi connectivity index (χ1) is 7.33. The zero-order chi connectivity index (χ0) is 10.3. The average Bonchev–Trinajstić information content (AvgIpc) is 2.95. The number of rotatable bonds is 3. The summed E-state index contributed by atoms with van der Waals surface area (Å²) in [5, 5.41) is 10.2. The van der Waals surface area contributed by atoms with Gasteiger partial charge in [0.05, 0.1) is 6.10 Å². The van der Waals surface area contributed by atoms with Crippen LogP contribution in [0.25, 0.3) is 0 Å². The molecule has 3 aliphatic rings. The number of β-amino-alcohol motifs (C(OH)–C–C–N with tert-alkyl or cyclic N) is 1. The van der Waals surface area contributed by atoms with E-state index in [0.29, 0.717) is 5.92 Å². The molecule has 2 bridgehead atoms. The Labute approximate surface area is 92.7 Å². The summed E-state index contributed by atoms with van der Waals surface area (Å²) in [7, 11) is 0. The lowest BCUT2D eigenvalue weighted by Crippen LogP contribution is -2.40. The molecule has 2 saturated carbocycles. The van der Waals surface area contributed by atoms with Gasteiger partial charge in [-0.25, -0.2) is 0 Å². The van der Waals surface area contributed by atoms with Gasteiger partial charge < -0.3 is 5.11 Å². The van der Waals surface area contributed by atoms with Gasteiger partial charge in [0.15, 0.2) is 0 Å². The van der Waals surface area contributed by atoms with Crippen molar-refractivity contribution in [1.82, 2.24) is 4.90 Å². The van der Waals surface area contributed by atoms with Gasteiger partial charge >= 0.3 is 0 Å². The number of piperidine rings is 1. The monoisotopic (exact) mass is 209 g/mol. The summed E-state index contributed by atoms with van der Waals surface area (Å²) < 4.78 is 0. The molecule has 0 spiro atoms. The highest BCUT2D eigenvalue weighted by Crippen LogP contribution is 2.38. The summed E-state index contributed by atoms with van der Waals surface area (Å²) in [6.07, 6.45) is 9.43. The summed E-state index contributed by atoms with van der Waals surface area (Å²) in [4.78, 5) is 2.57. The second kappa shape index (κ2) is 4.06. The molecule has 3 rings (SSSR count). The van der Waals surface area contributed by atoms with Gasteiger partial charge in [-0.2, -0.15) is 0 Å². The average molecular weight is 209 g/mol. The number of hydrogen-bond acceptors (Lipinski definition) is 2. The second-order valence-electron chi connectivity index (χ2n) is 5.90. The summed E-state index contributed by atoms with van der Waals surface area (Å²) in [5.74, 6) is 1.58. The quantitative estimate of drug-likeness (QED) is 0.768. The highest BCUT2D eigenvalue weighted by molar-refractivity contribution is 4.93. The summed E-state index contributed by atoms with van der Waals surface area (Å²) in [5.41, 5.74) is 0. The summed E-state index contributed by atoms with van der Waals surface area (Å²) >= 11 is 0. The fraction of sp³-hybridized carbons (Fsp3) is 1.00. The zero-order valence-electron chi connectivity index (χ0n) is 9.57. The summed E-state index contributed by atoms with van der Waals surface area (Å²) in [6, 6.07) is 0.825. The number of fused-ring (bicyclic) bond motifs is 2. The lowest BCUT2D eigenvalue weighted by atomic mass is 9.99. The maximum absolute atomic E-state index is 10.2. The van der Waals surface area contributed by atoms with Crippen LogP contribution in [-0.4, -0.2) is 35.2 Å². The normalized spacial score (nSPS) is 39.0. The molecule has 3 atom stereocenters. The lowest BCUT2D eigenvalue weighted by Gasteiger charge is -2.30. The standard InChI is InChI=1S/C13H23NO/c15-13(11-3-1-2-4-11)9-14-8-10-5-6-12(14)7-10/h10-13,15H,1-9H2. The van der Waals surface area contributed by atoms with E-state index in [1.807, 2.05) is 0 Å². The number of likely N-dealkylation sites (tertiary alicyclic amines) is 1. The van der Waals surface area contributed by atoms with Gasteiger partial charge in [0.25, 0.3) is 0 Å². The van der Waals surface area contributed by atoms with Crippen molar-refractivity contribution in [3.05, 3.63) is 0 Å². The highest BCUT2D eigenvalue weighted by atomic mass is 16.3. The van der Waals surface area contributed by atoms with Crippen LogP contribution >= 0.6 is 0 Å². The van der Waals surface area contributed by atoms with Crippen molar-refractivity contribution in [2.24, 2.45) is 11.8 Å². The van der Waals surface area contributed by atoms with Crippen molar-refractivity contribution in [1.29, 1.82) is 0 Å². The van der Waals surface area contributed by atoms with Gasteiger partial charge in [-0.3, -0.25) is 4.90 Å². The lowest BCUT2D eigenvalue weighted by molar-refractivity contribution is 0.0539. The first-order valence-corrected chi connectivity index (χ1v) is 6.75. The molecule has 2 heteroatoms. The molecule has 0 radical (unpaired) electrons. The Morgan fingerprint density at radius 1 is 1.13 bits per heavy atom. The van der Waals surface area contributed by atoms with Crippen LogP contribution in [0, 0.1) is 11.8 Å². The predicted molar refractivity (Wildman–Crippen MR) is 60.7 cm³/mol. The van der Waals surface area contributed by atoms with Crippen molar-refractivity contribution in [2.45, 2.75) is 57.1 Å². The van der Waals surface area contributed by atoms with E-state index in [-0.39, 0.29) is 6.10 Å². The Balaban J connectivity index is 1.52. The third kappa shape index (κ3) is 1.94. The van der Waals surface area contributed by atoms with E-state index in [0.717, 1.165) is 18.5 Å². The SMILES string of the molecule is OC(CN1CC2CCC1C2)C1CCCC1. The molecular weight excluding hydrogens is 186 g/mol. The zero-order valence-corrected chi connectivity index (χ0v) is 9.57. The van der Waals surface area contributed by atoms with Crippen LogP contribution in [0.4, 0.5) is 0 Å². The van der Waals surface area contributed by atoms with Gasteiger partial charge in [0.2, 0.25) is 0 Å². The molecule has 0 amide bonds. The third-order valence-corrected chi connectivity index (χ3v) is 4.89. The van der Waals surface area contributed by atoms with Crippen LogP contribution in [0.5, 0.6) is 0 Å². The van der Waals surface area contributed by atoms with E-state index in [9.17, 15) is 5.11 Å². The van der Waals surface area contributed by atoms with E-state index in [1.165, 1.54) is 51.5 Å². The van der Waals surface area contributed by atoms with E-state index in [1.54, 1.807) is 0 Å². The van der Waals surface area contributed by atoms with Crippen LogP contribution in [0.2, 0.25) is 0 Å². The molecule has 0 aromatic heterocycles. The second-order valence-corrected chi connectivity index (χ2v) is 5.90. The molecule has 1 saturated heterocycles. The molecule has 0 aromatic rings. The largest absolute Gasteiger partial charge is 0.392 e. The molecule has 86 valence electrons. The Kier molecular flexibility index (Phi) is 2.73. The number of hydrogen-bond donors (Lipinski definition) is 1. The molecule has 15 heavy (non-hydrogen) atoms. The Hall–Kier alpha value is -0.0800. The van der Waals surface area contributed by atoms with Crippen molar-refractivity contribution in [3.63, 3.8) is 0 Å². The van der Waals surface area contributed by atoms with Crippen molar-refractivity contribution in [2.75, 3.05) is 13.1 Å². The maximum atomic E-state index is 10.2. The molecule has 2 aliphatic carbocycles. The topological polar surface area (TPSA) is 23.5 Å². The number of aliphatic hydroxyl groups excluding tert-OH is 1. The first-order valence-electron chi connectivity index (χ1n) is 6.75. The fourth-order valence-corrected chi connectivity index (χ4v) is 3.98. The van der Waals surface area contributed by atoms with E-state index < -0.39 is 0 Å². The van der Waals surface area contributed by atoms with Crippen LogP contribution < -0.4 is 0 Å². The predicted octanol–water partition coefficient (Wildman–Crippen LogP) is 2.02. The highest BCUT2D eigenvalue weighted by Gasteiger charge is 2.39. The third-order valence-electron chi connectivity index (χ3n) is 4.89. The van der Waals surface area contributed by atoms with E-state index >= 15 is 0 Å². The maximum Gasteiger partial charge on any atom is 0.0695 e. The molecular formula is C13H23NO. The van der Waals surface area contributed by atoms with Crippen LogP contribution in [-0.2, 0) is 0 Å². The molecule has 0 aromatic carbocycles. The van der Waals surface area contributed by atoms with Gasteiger partial charge in [0, 0.05) is 19.1 Å². The minimum absolute atomic E-state index is 0.0353. The van der Waals surface area contributed by atoms with Gasteiger partial charge in [-0.1, -0.05) is 12.8 Å². The summed E-state index contributed by atoms with van der Waals surface area (Å²) in [6.45, 7) is 2.24. The molecule has 1 aliphatic heterocycles. The van der Waals surface area contributed by atoms with Crippen LogP contribution in [0.3, 0.4) is 0 Å². The van der Waals surface area contributed by atoms with Crippen LogP contribution in [0.1, 0.15) is 44.9 Å². The van der Waals surface area contributed by atoms with E-state index in [2.05, 4.69) is 4.90 Å². The van der Waals surface area contributed by atoms with Gasteiger partial charge in [-0.05, 0) is 43.9 Å². The van der Waals surface area contributed by atoms with Crippen LogP contribution in [0.15, 0.2) is 0 Å². The van der Waals surface area contributed by atoms with Gasteiger partial charge in [-0.15, -0.1) is 0 Å². The molecule has 1 heterocycles. The molecule has 3 fully saturated rings. The van der Waals surface area contributed by atoms with Crippen molar-refractivity contribution >= 4 is 0 Å². The molecule has 2 nitrogen and oxygen atoms in total. The number of nitrogens with zero attached hydrogens (tertiary/aromatic N) is 1. The minimum Gasteiger partial charge on any atom is -0.392 e.